The third-order valence-electron chi connectivity index (χ3n) is 3.66. The standard InChI is InChI=1S/C17H17NO3S2/c1-22-13-7-5-12(6-8-13)18-16(19)10-21-17(20)15-9-11-3-2-4-14(11)23-15/h5-9H,2-4,10H2,1H3,(H,18,19). The van der Waals surface area contributed by atoms with Crippen molar-refractivity contribution in [1.29, 1.82) is 0 Å². The first kappa shape index (κ1) is 16.1. The number of nitrogens with one attached hydrogen (secondary N) is 1. The Bertz CT molecular complexity index is 700. The Morgan fingerprint density at radius 1 is 1.26 bits per heavy atom. The molecule has 0 aliphatic heterocycles. The number of esters is 1. The molecule has 0 fully saturated rings. The van der Waals surface area contributed by atoms with E-state index in [0.717, 1.165) is 24.2 Å². The quantitative estimate of drug-likeness (QED) is 0.661. The number of amides is 1. The first-order chi connectivity index (χ1) is 11.2. The van der Waals surface area contributed by atoms with Gasteiger partial charge in [-0.1, -0.05) is 0 Å². The molecule has 4 nitrogen and oxygen atoms in total. The van der Waals surface area contributed by atoms with Crippen LogP contribution in [0.1, 0.15) is 26.5 Å². The van der Waals surface area contributed by atoms with E-state index in [1.54, 1.807) is 11.8 Å². The van der Waals surface area contributed by atoms with Crippen molar-refractivity contribution < 1.29 is 14.3 Å². The van der Waals surface area contributed by atoms with Crippen LogP contribution in [0, 0.1) is 0 Å². The van der Waals surface area contributed by atoms with E-state index in [4.69, 9.17) is 4.74 Å². The molecule has 3 rings (SSSR count). The largest absolute Gasteiger partial charge is 0.451 e. The number of benzene rings is 1. The van der Waals surface area contributed by atoms with Crippen molar-refractivity contribution in [1.82, 2.24) is 0 Å². The topological polar surface area (TPSA) is 55.4 Å². The lowest BCUT2D eigenvalue weighted by Crippen LogP contribution is -2.20. The van der Waals surface area contributed by atoms with Crippen LogP contribution in [-0.2, 0) is 22.4 Å². The normalized spacial score (nSPS) is 12.7. The molecule has 23 heavy (non-hydrogen) atoms. The number of rotatable bonds is 5. The van der Waals surface area contributed by atoms with Crippen LogP contribution in [0.15, 0.2) is 35.2 Å². The molecule has 0 bridgehead atoms. The van der Waals surface area contributed by atoms with Crippen LogP contribution in [-0.4, -0.2) is 24.7 Å². The Kier molecular flexibility index (Phi) is 5.03. The number of hydrogen-bond donors (Lipinski definition) is 1. The summed E-state index contributed by atoms with van der Waals surface area (Å²) in [6, 6.07) is 9.41. The fourth-order valence-corrected chi connectivity index (χ4v) is 4.06. The Labute approximate surface area is 143 Å². The molecule has 6 heteroatoms. The molecule has 1 aliphatic carbocycles. The molecule has 1 heterocycles. The Morgan fingerprint density at radius 3 is 2.74 bits per heavy atom. The van der Waals surface area contributed by atoms with Gasteiger partial charge in [0.25, 0.3) is 5.91 Å². The van der Waals surface area contributed by atoms with Crippen molar-refractivity contribution >= 4 is 40.7 Å². The first-order valence-electron chi connectivity index (χ1n) is 7.38. The van der Waals surface area contributed by atoms with Crippen LogP contribution in [0.4, 0.5) is 5.69 Å². The number of thioether (sulfide) groups is 1. The van der Waals surface area contributed by atoms with Crippen LogP contribution in [0.5, 0.6) is 0 Å². The molecule has 120 valence electrons. The van der Waals surface area contributed by atoms with Crippen molar-refractivity contribution in [2.45, 2.75) is 24.2 Å². The molecule has 0 unspecified atom stereocenters. The van der Waals surface area contributed by atoms with E-state index >= 15 is 0 Å². The van der Waals surface area contributed by atoms with Crippen molar-refractivity contribution in [2.75, 3.05) is 18.2 Å². The third kappa shape index (κ3) is 3.95. The van der Waals surface area contributed by atoms with Gasteiger partial charge in [0.2, 0.25) is 0 Å². The predicted molar refractivity (Wildman–Crippen MR) is 93.5 cm³/mol. The number of thiophene rings is 1. The first-order valence-corrected chi connectivity index (χ1v) is 9.42. The number of carbonyl (C=O) groups excluding carboxylic acids is 2. The van der Waals surface area contributed by atoms with Crippen LogP contribution in [0.25, 0.3) is 0 Å². The second-order valence-corrected chi connectivity index (χ2v) is 7.28. The van der Waals surface area contributed by atoms with Gasteiger partial charge in [-0.05, 0) is 61.4 Å². The average molecular weight is 347 g/mol. The summed E-state index contributed by atoms with van der Waals surface area (Å²) in [4.78, 5) is 26.8. The van der Waals surface area contributed by atoms with Crippen LogP contribution in [0.2, 0.25) is 0 Å². The number of carbonyl (C=O) groups is 2. The lowest BCUT2D eigenvalue weighted by atomic mass is 10.2. The van der Waals surface area contributed by atoms with E-state index in [0.29, 0.717) is 10.6 Å². The maximum Gasteiger partial charge on any atom is 0.348 e. The number of anilines is 1. The van der Waals surface area contributed by atoms with Gasteiger partial charge >= 0.3 is 5.97 Å². The summed E-state index contributed by atoms with van der Waals surface area (Å²) < 4.78 is 5.10. The lowest BCUT2D eigenvalue weighted by molar-refractivity contribution is -0.119. The minimum absolute atomic E-state index is 0.272. The van der Waals surface area contributed by atoms with Crippen LogP contribution in [0.3, 0.4) is 0 Å². The number of aryl methyl sites for hydroxylation is 2. The molecule has 0 radical (unpaired) electrons. The van der Waals surface area contributed by atoms with Gasteiger partial charge in [0.15, 0.2) is 6.61 Å². The number of ether oxygens (including phenoxy) is 1. The van der Waals surface area contributed by atoms with Gasteiger partial charge in [-0.15, -0.1) is 23.1 Å². The molecule has 0 atom stereocenters. The molecular formula is C17H17NO3S2. The predicted octanol–water partition coefficient (Wildman–Crippen LogP) is 3.75. The van der Waals surface area contributed by atoms with Crippen LogP contribution >= 0.6 is 23.1 Å². The monoisotopic (exact) mass is 347 g/mol. The van der Waals surface area contributed by atoms with Crippen LogP contribution < -0.4 is 5.32 Å². The molecule has 2 aromatic rings. The van der Waals surface area contributed by atoms with E-state index in [1.165, 1.54) is 21.8 Å². The van der Waals surface area contributed by atoms with Gasteiger partial charge in [-0.3, -0.25) is 4.79 Å². The van der Waals surface area contributed by atoms with Crippen molar-refractivity contribution in [2.24, 2.45) is 0 Å². The Hall–Kier alpha value is -1.79. The average Bonchev–Trinajstić information content (AvgIpc) is 3.15. The SMILES string of the molecule is CSc1ccc(NC(=O)COC(=O)c2cc3c(s2)CCC3)cc1. The fourth-order valence-electron chi connectivity index (χ4n) is 2.50. The molecule has 0 saturated heterocycles. The highest BCUT2D eigenvalue weighted by atomic mass is 32.2. The zero-order valence-electron chi connectivity index (χ0n) is 12.8. The minimum Gasteiger partial charge on any atom is -0.451 e. The summed E-state index contributed by atoms with van der Waals surface area (Å²) in [5, 5.41) is 2.72. The van der Waals surface area contributed by atoms with E-state index in [9.17, 15) is 9.59 Å². The number of fused-ring (bicyclic) bond motifs is 1. The molecule has 1 N–H and O–H groups in total. The van der Waals surface area contributed by atoms with E-state index in [1.807, 2.05) is 36.6 Å². The summed E-state index contributed by atoms with van der Waals surface area (Å²) in [5.41, 5.74) is 1.94. The summed E-state index contributed by atoms with van der Waals surface area (Å²) in [5.74, 6) is -0.753. The highest BCUT2D eigenvalue weighted by Crippen LogP contribution is 2.30. The van der Waals surface area contributed by atoms with E-state index in [2.05, 4.69) is 5.32 Å². The molecule has 1 amide bonds. The van der Waals surface area contributed by atoms with Crippen molar-refractivity contribution in [3.63, 3.8) is 0 Å². The second-order valence-electron chi connectivity index (χ2n) is 5.27. The summed E-state index contributed by atoms with van der Waals surface area (Å²) in [6.07, 6.45) is 5.23. The highest BCUT2D eigenvalue weighted by molar-refractivity contribution is 7.98. The molecule has 0 saturated carbocycles. The van der Waals surface area contributed by atoms with Gasteiger partial charge < -0.3 is 10.1 Å². The smallest absolute Gasteiger partial charge is 0.348 e. The van der Waals surface area contributed by atoms with Gasteiger partial charge in [-0.2, -0.15) is 0 Å². The van der Waals surface area contributed by atoms with E-state index < -0.39 is 5.97 Å². The van der Waals surface area contributed by atoms with Crippen molar-refractivity contribution in [3.8, 4) is 0 Å². The summed E-state index contributed by atoms with van der Waals surface area (Å²) >= 11 is 3.12. The summed E-state index contributed by atoms with van der Waals surface area (Å²) in [6.45, 7) is -0.272. The molecule has 1 aliphatic rings. The minimum atomic E-state index is -0.419. The molecule has 1 aromatic carbocycles. The van der Waals surface area contributed by atoms with E-state index in [-0.39, 0.29) is 12.5 Å². The van der Waals surface area contributed by atoms with Gasteiger partial charge in [0.1, 0.15) is 4.88 Å². The third-order valence-corrected chi connectivity index (χ3v) is 5.62. The molecular weight excluding hydrogens is 330 g/mol. The maximum absolute atomic E-state index is 12.0. The molecule has 0 spiro atoms. The summed E-state index contributed by atoms with van der Waals surface area (Å²) in [7, 11) is 0. The highest BCUT2D eigenvalue weighted by Gasteiger charge is 2.19. The van der Waals surface area contributed by atoms with Gasteiger partial charge in [0.05, 0.1) is 0 Å². The number of hydrogen-bond acceptors (Lipinski definition) is 5. The lowest BCUT2D eigenvalue weighted by Gasteiger charge is -2.06. The van der Waals surface area contributed by atoms with Gasteiger partial charge in [-0.25, -0.2) is 4.79 Å². The van der Waals surface area contributed by atoms with Gasteiger partial charge in [0, 0.05) is 15.5 Å². The Morgan fingerprint density at radius 2 is 2.04 bits per heavy atom. The van der Waals surface area contributed by atoms with Crippen molar-refractivity contribution in [3.05, 3.63) is 45.6 Å². The Balaban J connectivity index is 1.50. The maximum atomic E-state index is 12.0. The fraction of sp³-hybridized carbons (Fsp3) is 0.294. The second kappa shape index (κ2) is 7.19. The zero-order valence-corrected chi connectivity index (χ0v) is 14.4. The molecule has 1 aromatic heterocycles. The zero-order chi connectivity index (χ0) is 16.2.